The molecule has 2 aromatic rings. The number of rotatable bonds is 3. The van der Waals surface area contributed by atoms with E-state index in [1.54, 1.807) is 11.3 Å². The van der Waals surface area contributed by atoms with E-state index in [1.807, 2.05) is 29.5 Å². The third kappa shape index (κ3) is 2.36. The molecule has 5 nitrogen and oxygen atoms in total. The number of nitrogens with one attached hydrogen (secondary N) is 1. The smallest absolute Gasteiger partial charge is 0.270 e. The van der Waals surface area contributed by atoms with Crippen LogP contribution in [-0.2, 0) is 0 Å². The molecule has 1 amide bonds. The Kier molecular flexibility index (Phi) is 3.58. The van der Waals surface area contributed by atoms with Crippen LogP contribution in [0.2, 0.25) is 0 Å². The van der Waals surface area contributed by atoms with Gasteiger partial charge in [-0.05, 0) is 25.8 Å². The lowest BCUT2D eigenvalue weighted by Crippen LogP contribution is -2.40. The van der Waals surface area contributed by atoms with Crippen LogP contribution in [0.15, 0.2) is 17.6 Å². The van der Waals surface area contributed by atoms with Crippen LogP contribution in [0, 0.1) is 6.92 Å². The topological polar surface area (TPSA) is 75.0 Å². The van der Waals surface area contributed by atoms with Crippen molar-refractivity contribution in [2.45, 2.75) is 25.8 Å². The normalized spacial score (nSPS) is 18.7. The SMILES string of the molecule is Cc1nc(-c2c[nH]c(C(=O)N3CCCC3CN)c2)cs1. The van der Waals surface area contributed by atoms with Gasteiger partial charge in [-0.3, -0.25) is 4.79 Å². The van der Waals surface area contributed by atoms with Crippen molar-refractivity contribution >= 4 is 17.2 Å². The predicted octanol–water partition coefficient (Wildman–Crippen LogP) is 2.01. The number of hydrogen-bond donors (Lipinski definition) is 2. The highest BCUT2D eigenvalue weighted by Crippen LogP contribution is 2.24. The summed E-state index contributed by atoms with van der Waals surface area (Å²) in [5, 5.41) is 3.03. The standard InChI is InChI=1S/C14H18N4OS/c1-9-17-13(8-20-9)10-5-12(16-7-10)14(19)18-4-2-3-11(18)6-15/h5,7-8,11,16H,2-4,6,15H2,1H3. The molecule has 1 aliphatic heterocycles. The van der Waals surface area contributed by atoms with Gasteiger partial charge >= 0.3 is 0 Å². The maximum Gasteiger partial charge on any atom is 0.270 e. The van der Waals surface area contributed by atoms with Gasteiger partial charge in [0.05, 0.1) is 10.7 Å². The fraction of sp³-hybridized carbons (Fsp3) is 0.429. The molecule has 20 heavy (non-hydrogen) atoms. The lowest BCUT2D eigenvalue weighted by atomic mass is 10.2. The van der Waals surface area contributed by atoms with Crippen LogP contribution in [0.1, 0.15) is 28.3 Å². The zero-order valence-corrected chi connectivity index (χ0v) is 12.2. The minimum absolute atomic E-state index is 0.0381. The van der Waals surface area contributed by atoms with Crippen LogP contribution in [-0.4, -0.2) is 39.9 Å². The van der Waals surface area contributed by atoms with Crippen LogP contribution in [0.3, 0.4) is 0 Å². The van der Waals surface area contributed by atoms with E-state index in [1.165, 1.54) is 0 Å². The highest BCUT2D eigenvalue weighted by Gasteiger charge is 2.29. The van der Waals surface area contributed by atoms with Crippen LogP contribution in [0.4, 0.5) is 0 Å². The molecule has 106 valence electrons. The average Bonchev–Trinajstić information content (AvgIpc) is 3.17. The molecule has 1 saturated heterocycles. The lowest BCUT2D eigenvalue weighted by Gasteiger charge is -2.22. The summed E-state index contributed by atoms with van der Waals surface area (Å²) < 4.78 is 0. The Hall–Kier alpha value is -1.66. The summed E-state index contributed by atoms with van der Waals surface area (Å²) in [4.78, 5) is 21.9. The van der Waals surface area contributed by atoms with Gasteiger partial charge in [-0.1, -0.05) is 0 Å². The van der Waals surface area contributed by atoms with Crippen molar-refractivity contribution in [3.05, 3.63) is 28.3 Å². The highest BCUT2D eigenvalue weighted by molar-refractivity contribution is 7.09. The van der Waals surface area contributed by atoms with E-state index in [-0.39, 0.29) is 11.9 Å². The van der Waals surface area contributed by atoms with Crippen molar-refractivity contribution in [1.82, 2.24) is 14.9 Å². The van der Waals surface area contributed by atoms with E-state index < -0.39 is 0 Å². The maximum absolute atomic E-state index is 12.5. The number of aromatic nitrogens is 2. The third-order valence-electron chi connectivity index (χ3n) is 3.74. The van der Waals surface area contributed by atoms with E-state index in [4.69, 9.17) is 5.73 Å². The van der Waals surface area contributed by atoms with Gasteiger partial charge in [0.2, 0.25) is 0 Å². The van der Waals surface area contributed by atoms with Gasteiger partial charge < -0.3 is 15.6 Å². The van der Waals surface area contributed by atoms with E-state index in [0.29, 0.717) is 12.2 Å². The van der Waals surface area contributed by atoms with E-state index >= 15 is 0 Å². The summed E-state index contributed by atoms with van der Waals surface area (Å²) in [6, 6.07) is 2.05. The van der Waals surface area contributed by atoms with Gasteiger partial charge in [0.15, 0.2) is 0 Å². The fourth-order valence-corrected chi connectivity index (χ4v) is 3.29. The largest absolute Gasteiger partial charge is 0.357 e. The maximum atomic E-state index is 12.5. The Bertz CT molecular complexity index is 618. The summed E-state index contributed by atoms with van der Waals surface area (Å²) in [6.07, 6.45) is 3.88. The number of nitrogens with zero attached hydrogens (tertiary/aromatic N) is 2. The number of nitrogens with two attached hydrogens (primary N) is 1. The first-order valence-corrected chi connectivity index (χ1v) is 7.69. The second-order valence-electron chi connectivity index (χ2n) is 5.08. The quantitative estimate of drug-likeness (QED) is 0.908. The molecule has 0 bridgehead atoms. The van der Waals surface area contributed by atoms with Crippen molar-refractivity contribution in [2.75, 3.05) is 13.1 Å². The monoisotopic (exact) mass is 290 g/mol. The molecule has 2 aromatic heterocycles. The predicted molar refractivity (Wildman–Crippen MR) is 79.8 cm³/mol. The Balaban J connectivity index is 1.81. The first kappa shape index (κ1) is 13.3. The Morgan fingerprint density at radius 3 is 3.20 bits per heavy atom. The number of hydrogen-bond acceptors (Lipinski definition) is 4. The number of aromatic amines is 1. The molecule has 0 spiro atoms. The minimum Gasteiger partial charge on any atom is -0.357 e. The second-order valence-corrected chi connectivity index (χ2v) is 6.15. The molecule has 3 heterocycles. The molecule has 1 unspecified atom stereocenters. The molecular weight excluding hydrogens is 272 g/mol. The fourth-order valence-electron chi connectivity index (χ4n) is 2.66. The molecule has 3 rings (SSSR count). The summed E-state index contributed by atoms with van der Waals surface area (Å²) in [5.74, 6) is 0.0381. The van der Waals surface area contributed by atoms with Gasteiger partial charge in [0.25, 0.3) is 5.91 Å². The van der Waals surface area contributed by atoms with Crippen LogP contribution >= 0.6 is 11.3 Å². The molecule has 1 aliphatic rings. The van der Waals surface area contributed by atoms with Crippen molar-refractivity contribution in [3.63, 3.8) is 0 Å². The number of H-pyrrole nitrogens is 1. The molecule has 0 aliphatic carbocycles. The number of carbonyl (C=O) groups excluding carboxylic acids is 1. The van der Waals surface area contributed by atoms with Crippen molar-refractivity contribution < 1.29 is 4.79 Å². The molecule has 6 heteroatoms. The summed E-state index contributed by atoms with van der Waals surface area (Å²) in [7, 11) is 0. The lowest BCUT2D eigenvalue weighted by molar-refractivity contribution is 0.0736. The van der Waals surface area contributed by atoms with Crippen molar-refractivity contribution in [1.29, 1.82) is 0 Å². The number of amides is 1. The van der Waals surface area contributed by atoms with E-state index in [9.17, 15) is 4.79 Å². The van der Waals surface area contributed by atoms with Gasteiger partial charge in [0.1, 0.15) is 5.69 Å². The van der Waals surface area contributed by atoms with Crippen LogP contribution < -0.4 is 5.73 Å². The molecule has 0 radical (unpaired) electrons. The minimum atomic E-state index is 0.0381. The van der Waals surface area contributed by atoms with Gasteiger partial charge in [-0.15, -0.1) is 11.3 Å². The molecule has 1 atom stereocenters. The highest BCUT2D eigenvalue weighted by atomic mass is 32.1. The summed E-state index contributed by atoms with van der Waals surface area (Å²) in [6.45, 7) is 3.30. The van der Waals surface area contributed by atoms with Gasteiger partial charge in [-0.25, -0.2) is 4.98 Å². The van der Waals surface area contributed by atoms with Gasteiger partial charge in [0, 0.05) is 36.3 Å². The number of carbonyl (C=O) groups is 1. The molecule has 3 N–H and O–H groups in total. The number of likely N-dealkylation sites (tertiary alicyclic amines) is 1. The van der Waals surface area contributed by atoms with E-state index in [0.717, 1.165) is 35.7 Å². The van der Waals surface area contributed by atoms with Crippen molar-refractivity contribution in [2.24, 2.45) is 5.73 Å². The second kappa shape index (κ2) is 5.38. The Morgan fingerprint density at radius 1 is 1.65 bits per heavy atom. The molecule has 1 fully saturated rings. The number of thiazole rings is 1. The average molecular weight is 290 g/mol. The first-order chi connectivity index (χ1) is 9.69. The number of aryl methyl sites for hydroxylation is 1. The van der Waals surface area contributed by atoms with Crippen LogP contribution in [0.5, 0.6) is 0 Å². The molecule has 0 saturated carbocycles. The molecule has 0 aromatic carbocycles. The summed E-state index contributed by atoms with van der Waals surface area (Å²) in [5.41, 5.74) is 8.22. The zero-order chi connectivity index (χ0) is 14.1. The van der Waals surface area contributed by atoms with Crippen LogP contribution in [0.25, 0.3) is 11.3 Å². The first-order valence-electron chi connectivity index (χ1n) is 6.81. The molecular formula is C14H18N4OS. The zero-order valence-electron chi connectivity index (χ0n) is 11.4. The third-order valence-corrected chi connectivity index (χ3v) is 4.51. The van der Waals surface area contributed by atoms with Crippen molar-refractivity contribution in [3.8, 4) is 11.3 Å². The Labute approximate surface area is 121 Å². The Morgan fingerprint density at radius 2 is 2.50 bits per heavy atom. The summed E-state index contributed by atoms with van der Waals surface area (Å²) >= 11 is 1.61. The van der Waals surface area contributed by atoms with E-state index in [2.05, 4.69) is 9.97 Å². The van der Waals surface area contributed by atoms with Gasteiger partial charge in [-0.2, -0.15) is 0 Å².